The minimum Gasteiger partial charge on any atom is -0.482 e. The number of hydrogen-bond donors (Lipinski definition) is 0. The van der Waals surface area contributed by atoms with Crippen LogP contribution in [0.15, 0.2) is 70.1 Å². The van der Waals surface area contributed by atoms with Crippen LogP contribution in [-0.2, 0) is 18.0 Å². The molecule has 0 N–H and O–H groups in total. The predicted molar refractivity (Wildman–Crippen MR) is 105 cm³/mol. The Kier molecular flexibility index (Phi) is 6.36. The van der Waals surface area contributed by atoms with Gasteiger partial charge in [-0.15, -0.1) is 0 Å². The van der Waals surface area contributed by atoms with Crippen molar-refractivity contribution in [1.29, 1.82) is 0 Å². The van der Waals surface area contributed by atoms with Gasteiger partial charge in [0.2, 0.25) is 11.2 Å². The molecule has 0 unspecified atom stereocenters. The topological polar surface area (TPSA) is 152 Å². The molecule has 2 aromatic carbocycles. The second-order valence-corrected chi connectivity index (χ2v) is 6.18. The fourth-order valence-corrected chi connectivity index (χ4v) is 2.50. The highest BCUT2D eigenvalue weighted by Crippen LogP contribution is 2.23. The van der Waals surface area contributed by atoms with Gasteiger partial charge in [-0.1, -0.05) is 30.3 Å². The van der Waals surface area contributed by atoms with E-state index in [4.69, 9.17) is 13.9 Å². The Bertz CT molecular complexity index is 1160. The maximum Gasteiger partial charge on any atom is 0.339 e. The summed E-state index contributed by atoms with van der Waals surface area (Å²) in [7, 11) is 0. The molecule has 1 heterocycles. The van der Waals surface area contributed by atoms with Gasteiger partial charge in [0.15, 0.2) is 0 Å². The molecule has 11 heteroatoms. The average Bonchev–Trinajstić information content (AvgIpc) is 2.77. The molecule has 0 aliphatic rings. The lowest BCUT2D eigenvalue weighted by Crippen LogP contribution is -2.10. The summed E-state index contributed by atoms with van der Waals surface area (Å²) in [6, 6.07) is 12.7. The summed E-state index contributed by atoms with van der Waals surface area (Å²) in [6.45, 7) is -0.310. The molecule has 3 rings (SSSR count). The molecule has 31 heavy (non-hydrogen) atoms. The number of non-ortho nitro benzene ring substituents is 2. The fourth-order valence-electron chi connectivity index (χ4n) is 2.50. The zero-order valence-corrected chi connectivity index (χ0v) is 15.8. The first-order valence-corrected chi connectivity index (χ1v) is 8.73. The molecule has 158 valence electrons. The predicted octanol–water partition coefficient (Wildman–Crippen LogP) is 3.39. The molecule has 3 aromatic rings. The van der Waals surface area contributed by atoms with Crippen LogP contribution in [0.3, 0.4) is 0 Å². The van der Waals surface area contributed by atoms with Crippen molar-refractivity contribution in [3.63, 3.8) is 0 Å². The van der Waals surface area contributed by atoms with E-state index in [0.717, 1.165) is 36.1 Å². The Labute approximate surface area is 173 Å². The number of ether oxygens (including phenoxy) is 2. The van der Waals surface area contributed by atoms with E-state index in [1.807, 2.05) is 30.3 Å². The van der Waals surface area contributed by atoms with Gasteiger partial charge in [-0.25, -0.2) is 4.79 Å². The monoisotopic (exact) mass is 426 g/mol. The first-order chi connectivity index (χ1) is 14.8. The van der Waals surface area contributed by atoms with E-state index in [1.54, 1.807) is 0 Å². The van der Waals surface area contributed by atoms with Gasteiger partial charge >= 0.3 is 5.97 Å². The molecule has 0 aliphatic carbocycles. The standard InChI is InChI=1S/C20H14N2O9/c23-18-9-17(29-12-19(18)30-10-13-4-2-1-3-5-13)11-31-20(24)14-6-15(21(25)26)8-16(7-14)22(27)28/h1-9,12H,10-11H2. The molecule has 0 saturated heterocycles. The van der Waals surface area contributed by atoms with Crippen molar-refractivity contribution < 1.29 is 28.5 Å². The minimum atomic E-state index is -1.06. The summed E-state index contributed by atoms with van der Waals surface area (Å²) in [6.07, 6.45) is 1.08. The molecule has 0 fully saturated rings. The van der Waals surface area contributed by atoms with E-state index >= 15 is 0 Å². The van der Waals surface area contributed by atoms with Crippen LogP contribution in [0.25, 0.3) is 0 Å². The summed E-state index contributed by atoms with van der Waals surface area (Å²) in [5.41, 5.74) is -1.29. The van der Waals surface area contributed by atoms with Crippen molar-refractivity contribution in [2.24, 2.45) is 0 Å². The highest BCUT2D eigenvalue weighted by Gasteiger charge is 2.21. The van der Waals surface area contributed by atoms with E-state index in [1.165, 1.54) is 0 Å². The maximum absolute atomic E-state index is 12.2. The normalized spacial score (nSPS) is 10.3. The maximum atomic E-state index is 12.2. The molecule has 0 bridgehead atoms. The number of nitro groups is 2. The van der Waals surface area contributed by atoms with Gasteiger partial charge in [0.25, 0.3) is 11.4 Å². The Morgan fingerprint density at radius 2 is 1.58 bits per heavy atom. The van der Waals surface area contributed by atoms with Crippen LogP contribution in [0.2, 0.25) is 0 Å². The molecule has 0 amide bonds. The van der Waals surface area contributed by atoms with Crippen LogP contribution in [0.1, 0.15) is 21.7 Å². The SMILES string of the molecule is O=C(OCc1cc(=O)c(OCc2ccccc2)co1)c1cc([N+](=O)[O-])cc([N+](=O)[O-])c1. The molecule has 11 nitrogen and oxygen atoms in total. The highest BCUT2D eigenvalue weighted by molar-refractivity contribution is 5.91. The third-order valence-electron chi connectivity index (χ3n) is 3.99. The van der Waals surface area contributed by atoms with Crippen molar-refractivity contribution in [2.45, 2.75) is 13.2 Å². The van der Waals surface area contributed by atoms with E-state index in [-0.39, 0.29) is 23.7 Å². The first-order valence-electron chi connectivity index (χ1n) is 8.73. The highest BCUT2D eigenvalue weighted by atomic mass is 16.6. The van der Waals surface area contributed by atoms with Gasteiger partial charge < -0.3 is 13.9 Å². The van der Waals surface area contributed by atoms with Crippen molar-refractivity contribution >= 4 is 17.3 Å². The summed E-state index contributed by atoms with van der Waals surface area (Å²) < 4.78 is 15.6. The Balaban J connectivity index is 1.66. The van der Waals surface area contributed by atoms with Gasteiger partial charge in [0.05, 0.1) is 21.5 Å². The number of hydrogen-bond acceptors (Lipinski definition) is 9. The zero-order valence-electron chi connectivity index (χ0n) is 15.8. The molecule has 0 radical (unpaired) electrons. The van der Waals surface area contributed by atoms with Gasteiger partial charge in [-0.2, -0.15) is 0 Å². The van der Waals surface area contributed by atoms with Crippen molar-refractivity contribution in [1.82, 2.24) is 0 Å². The number of nitro benzene ring substituents is 2. The van der Waals surface area contributed by atoms with Crippen LogP contribution in [0.5, 0.6) is 5.75 Å². The second kappa shape index (κ2) is 9.31. The van der Waals surface area contributed by atoms with Crippen LogP contribution >= 0.6 is 0 Å². The smallest absolute Gasteiger partial charge is 0.339 e. The van der Waals surface area contributed by atoms with Crippen LogP contribution < -0.4 is 10.2 Å². The zero-order chi connectivity index (χ0) is 22.4. The summed E-state index contributed by atoms with van der Waals surface area (Å²) in [5, 5.41) is 21.8. The third kappa shape index (κ3) is 5.50. The number of carbonyl (C=O) groups excluding carboxylic acids is 1. The third-order valence-corrected chi connectivity index (χ3v) is 3.99. The summed E-state index contributed by atoms with van der Waals surface area (Å²) in [5.74, 6) is -1.10. The number of rotatable bonds is 8. The lowest BCUT2D eigenvalue weighted by molar-refractivity contribution is -0.394. The molecular weight excluding hydrogens is 412 g/mol. The van der Waals surface area contributed by atoms with E-state index in [2.05, 4.69) is 0 Å². The molecule has 0 spiro atoms. The largest absolute Gasteiger partial charge is 0.482 e. The van der Waals surface area contributed by atoms with Crippen LogP contribution in [0, 0.1) is 20.2 Å². The molecular formula is C20H14N2O9. The number of benzene rings is 2. The van der Waals surface area contributed by atoms with Crippen molar-refractivity contribution in [2.75, 3.05) is 0 Å². The molecule has 0 aliphatic heterocycles. The Morgan fingerprint density at radius 3 is 2.16 bits per heavy atom. The van der Waals surface area contributed by atoms with Crippen LogP contribution in [-0.4, -0.2) is 15.8 Å². The minimum absolute atomic E-state index is 0.00894. The lowest BCUT2D eigenvalue weighted by Gasteiger charge is -2.07. The van der Waals surface area contributed by atoms with Gasteiger partial charge in [-0.3, -0.25) is 25.0 Å². The molecule has 1 aromatic heterocycles. The number of carbonyl (C=O) groups is 1. The second-order valence-electron chi connectivity index (χ2n) is 6.18. The van der Waals surface area contributed by atoms with Gasteiger partial charge in [-0.05, 0) is 5.56 Å². The molecule has 0 atom stereocenters. The quantitative estimate of drug-likeness (QED) is 0.300. The van der Waals surface area contributed by atoms with Crippen molar-refractivity contribution in [3.8, 4) is 5.75 Å². The number of nitrogens with zero attached hydrogens (tertiary/aromatic N) is 2. The van der Waals surface area contributed by atoms with Crippen molar-refractivity contribution in [3.05, 3.63) is 108 Å². The average molecular weight is 426 g/mol. The Morgan fingerprint density at radius 1 is 0.935 bits per heavy atom. The van der Waals surface area contributed by atoms with E-state index in [0.29, 0.717) is 0 Å². The Hall–Kier alpha value is -4.54. The first kappa shape index (κ1) is 21.2. The van der Waals surface area contributed by atoms with E-state index in [9.17, 15) is 29.8 Å². The van der Waals surface area contributed by atoms with Gasteiger partial charge in [0, 0.05) is 18.2 Å². The van der Waals surface area contributed by atoms with Gasteiger partial charge in [0.1, 0.15) is 25.2 Å². The lowest BCUT2D eigenvalue weighted by atomic mass is 10.2. The number of esters is 1. The fraction of sp³-hybridized carbons (Fsp3) is 0.100. The van der Waals surface area contributed by atoms with E-state index < -0.39 is 39.2 Å². The van der Waals surface area contributed by atoms with Crippen LogP contribution in [0.4, 0.5) is 11.4 Å². The summed E-state index contributed by atoms with van der Waals surface area (Å²) in [4.78, 5) is 44.4. The molecule has 0 saturated carbocycles. The summed E-state index contributed by atoms with van der Waals surface area (Å²) >= 11 is 0.